The van der Waals surface area contributed by atoms with E-state index in [1.165, 1.54) is 6.42 Å². The molecule has 4 nitrogen and oxygen atoms in total. The third-order valence-corrected chi connectivity index (χ3v) is 4.42. The number of nitrogens with one attached hydrogen (secondary N) is 1. The second-order valence-electron chi connectivity index (χ2n) is 5.64. The Labute approximate surface area is 124 Å². The summed E-state index contributed by atoms with van der Waals surface area (Å²) in [5, 5.41) is 12.9. The van der Waals surface area contributed by atoms with Crippen molar-refractivity contribution in [3.05, 3.63) is 28.8 Å². The molecule has 1 aliphatic carbocycles. The number of carbonyl (C=O) groups excluding carboxylic acids is 1. The molecule has 20 heavy (non-hydrogen) atoms. The third kappa shape index (κ3) is 3.44. The molecule has 0 atom stereocenters. The van der Waals surface area contributed by atoms with Gasteiger partial charge >= 0.3 is 0 Å². The number of hydrogen-bond acceptors (Lipinski definition) is 3. The van der Waals surface area contributed by atoms with Gasteiger partial charge in [-0.25, -0.2) is 0 Å². The molecule has 0 unspecified atom stereocenters. The summed E-state index contributed by atoms with van der Waals surface area (Å²) in [6.07, 6.45) is 5.34. The predicted octanol–water partition coefficient (Wildman–Crippen LogP) is 2.59. The molecule has 0 heterocycles. The quantitative estimate of drug-likeness (QED) is 0.748. The first-order chi connectivity index (χ1) is 9.56. The molecule has 1 aromatic rings. The number of aliphatic hydroxyl groups is 1. The molecule has 0 aromatic heterocycles. The van der Waals surface area contributed by atoms with Crippen molar-refractivity contribution >= 4 is 23.2 Å². The SMILES string of the molecule is Nc1ccc(C(=O)NCC2(CO)CCCCC2)c(Cl)c1. The molecule has 0 radical (unpaired) electrons. The van der Waals surface area contributed by atoms with E-state index in [0.717, 1.165) is 25.7 Å². The number of rotatable bonds is 4. The van der Waals surface area contributed by atoms with E-state index in [2.05, 4.69) is 5.32 Å². The van der Waals surface area contributed by atoms with E-state index in [9.17, 15) is 9.90 Å². The van der Waals surface area contributed by atoms with Gasteiger partial charge in [-0.05, 0) is 31.0 Å². The van der Waals surface area contributed by atoms with Gasteiger partial charge in [0.1, 0.15) is 0 Å². The Morgan fingerprint density at radius 3 is 2.65 bits per heavy atom. The van der Waals surface area contributed by atoms with Gasteiger partial charge in [-0.1, -0.05) is 30.9 Å². The molecule has 2 rings (SSSR count). The summed E-state index contributed by atoms with van der Waals surface area (Å²) in [7, 11) is 0. The number of nitrogens with two attached hydrogens (primary N) is 1. The third-order valence-electron chi connectivity index (χ3n) is 4.11. The second-order valence-corrected chi connectivity index (χ2v) is 6.05. The summed E-state index contributed by atoms with van der Waals surface area (Å²) in [5.74, 6) is -0.214. The van der Waals surface area contributed by atoms with E-state index in [1.54, 1.807) is 18.2 Å². The molecule has 5 heteroatoms. The normalized spacial score (nSPS) is 17.7. The molecule has 110 valence electrons. The Morgan fingerprint density at radius 1 is 1.35 bits per heavy atom. The first-order valence-corrected chi connectivity index (χ1v) is 7.38. The van der Waals surface area contributed by atoms with Crippen LogP contribution in [0.4, 0.5) is 5.69 Å². The van der Waals surface area contributed by atoms with Crippen molar-refractivity contribution in [2.75, 3.05) is 18.9 Å². The summed E-state index contributed by atoms with van der Waals surface area (Å²) in [4.78, 5) is 12.2. The highest BCUT2D eigenvalue weighted by atomic mass is 35.5. The van der Waals surface area contributed by atoms with Gasteiger partial charge in [0.05, 0.1) is 17.2 Å². The topological polar surface area (TPSA) is 75.4 Å². The number of halogens is 1. The largest absolute Gasteiger partial charge is 0.399 e. The molecule has 0 spiro atoms. The fourth-order valence-electron chi connectivity index (χ4n) is 2.77. The van der Waals surface area contributed by atoms with Gasteiger partial charge < -0.3 is 16.2 Å². The van der Waals surface area contributed by atoms with Gasteiger partial charge in [-0.2, -0.15) is 0 Å². The summed E-state index contributed by atoms with van der Waals surface area (Å²) in [5.41, 5.74) is 6.39. The molecule has 1 fully saturated rings. The monoisotopic (exact) mass is 296 g/mol. The summed E-state index contributed by atoms with van der Waals surface area (Å²) < 4.78 is 0. The maximum Gasteiger partial charge on any atom is 0.252 e. The van der Waals surface area contributed by atoms with E-state index in [1.807, 2.05) is 0 Å². The minimum Gasteiger partial charge on any atom is -0.399 e. The number of anilines is 1. The highest BCUT2D eigenvalue weighted by molar-refractivity contribution is 6.34. The lowest BCUT2D eigenvalue weighted by molar-refractivity contribution is 0.0718. The van der Waals surface area contributed by atoms with Crippen molar-refractivity contribution in [3.63, 3.8) is 0 Å². The van der Waals surface area contributed by atoms with Crippen LogP contribution in [0.3, 0.4) is 0 Å². The van der Waals surface area contributed by atoms with Crippen molar-refractivity contribution < 1.29 is 9.90 Å². The van der Waals surface area contributed by atoms with Crippen molar-refractivity contribution in [1.29, 1.82) is 0 Å². The zero-order valence-corrected chi connectivity index (χ0v) is 12.2. The van der Waals surface area contributed by atoms with Crippen molar-refractivity contribution in [2.24, 2.45) is 5.41 Å². The van der Waals surface area contributed by atoms with Crippen LogP contribution in [0.2, 0.25) is 5.02 Å². The van der Waals surface area contributed by atoms with Gasteiger partial charge in [-0.15, -0.1) is 0 Å². The first kappa shape index (κ1) is 15.1. The van der Waals surface area contributed by atoms with Crippen LogP contribution >= 0.6 is 11.6 Å². The molecule has 0 aliphatic heterocycles. The molecule has 1 aromatic carbocycles. The number of amides is 1. The minimum atomic E-state index is -0.214. The Hall–Kier alpha value is -1.26. The van der Waals surface area contributed by atoms with Crippen molar-refractivity contribution in [2.45, 2.75) is 32.1 Å². The number of carbonyl (C=O) groups is 1. The number of hydrogen-bond donors (Lipinski definition) is 3. The van der Waals surface area contributed by atoms with Crippen LogP contribution in [0.1, 0.15) is 42.5 Å². The fourth-order valence-corrected chi connectivity index (χ4v) is 3.05. The van der Waals surface area contributed by atoms with Crippen LogP contribution < -0.4 is 11.1 Å². The van der Waals surface area contributed by atoms with Gasteiger partial charge in [0, 0.05) is 17.6 Å². The Balaban J connectivity index is 2.00. The van der Waals surface area contributed by atoms with Crippen molar-refractivity contribution in [1.82, 2.24) is 5.32 Å². The summed E-state index contributed by atoms with van der Waals surface area (Å²) in [6, 6.07) is 4.85. The van der Waals surface area contributed by atoms with E-state index in [-0.39, 0.29) is 17.9 Å². The average molecular weight is 297 g/mol. The van der Waals surface area contributed by atoms with E-state index in [4.69, 9.17) is 17.3 Å². The zero-order chi connectivity index (χ0) is 14.6. The van der Waals surface area contributed by atoms with Crippen LogP contribution in [-0.4, -0.2) is 24.2 Å². The molecular formula is C15H21ClN2O2. The highest BCUT2D eigenvalue weighted by Gasteiger charge is 2.31. The van der Waals surface area contributed by atoms with Crippen LogP contribution in [-0.2, 0) is 0 Å². The number of aliphatic hydroxyl groups excluding tert-OH is 1. The van der Waals surface area contributed by atoms with Gasteiger partial charge in [0.15, 0.2) is 0 Å². The highest BCUT2D eigenvalue weighted by Crippen LogP contribution is 2.35. The second kappa shape index (κ2) is 6.46. The molecule has 1 aliphatic rings. The fraction of sp³-hybridized carbons (Fsp3) is 0.533. The minimum absolute atomic E-state index is 0.114. The maximum absolute atomic E-state index is 12.2. The van der Waals surface area contributed by atoms with Gasteiger partial charge in [0.2, 0.25) is 0 Å². The van der Waals surface area contributed by atoms with E-state index in [0.29, 0.717) is 22.8 Å². The lowest BCUT2D eigenvalue weighted by atomic mass is 9.74. The zero-order valence-electron chi connectivity index (χ0n) is 11.5. The predicted molar refractivity (Wildman–Crippen MR) is 80.8 cm³/mol. The van der Waals surface area contributed by atoms with Gasteiger partial charge in [-0.3, -0.25) is 4.79 Å². The smallest absolute Gasteiger partial charge is 0.252 e. The number of nitrogen functional groups attached to an aromatic ring is 1. The lowest BCUT2D eigenvalue weighted by Gasteiger charge is -2.35. The molecule has 4 N–H and O–H groups in total. The molecule has 0 saturated heterocycles. The van der Waals surface area contributed by atoms with Crippen molar-refractivity contribution in [3.8, 4) is 0 Å². The van der Waals surface area contributed by atoms with E-state index >= 15 is 0 Å². The summed E-state index contributed by atoms with van der Waals surface area (Å²) in [6.45, 7) is 0.603. The summed E-state index contributed by atoms with van der Waals surface area (Å²) >= 11 is 6.02. The first-order valence-electron chi connectivity index (χ1n) is 7.00. The molecule has 1 amide bonds. The van der Waals surface area contributed by atoms with Crippen LogP contribution in [0, 0.1) is 5.41 Å². The average Bonchev–Trinajstić information content (AvgIpc) is 2.46. The molecule has 1 saturated carbocycles. The van der Waals surface area contributed by atoms with Gasteiger partial charge in [0.25, 0.3) is 5.91 Å². The Kier molecular flexibility index (Phi) is 4.89. The van der Waals surface area contributed by atoms with E-state index < -0.39 is 0 Å². The Bertz CT molecular complexity index is 485. The molecule has 0 bridgehead atoms. The van der Waals surface area contributed by atoms with Crippen LogP contribution in [0.5, 0.6) is 0 Å². The van der Waals surface area contributed by atoms with Crippen LogP contribution in [0.25, 0.3) is 0 Å². The molecular weight excluding hydrogens is 276 g/mol. The number of benzene rings is 1. The standard InChI is InChI=1S/C15H21ClN2O2/c16-13-8-11(17)4-5-12(13)14(20)18-9-15(10-19)6-2-1-3-7-15/h4-5,8,19H,1-3,6-7,9-10,17H2,(H,18,20). The van der Waals surface area contributed by atoms with Crippen LogP contribution in [0.15, 0.2) is 18.2 Å². The lowest BCUT2D eigenvalue weighted by Crippen LogP contribution is -2.41. The Morgan fingerprint density at radius 2 is 2.05 bits per heavy atom. The maximum atomic E-state index is 12.2.